The first kappa shape index (κ1) is 15.6. The van der Waals surface area contributed by atoms with Gasteiger partial charge in [-0.2, -0.15) is 0 Å². The van der Waals surface area contributed by atoms with Crippen LogP contribution in [0.3, 0.4) is 0 Å². The van der Waals surface area contributed by atoms with E-state index in [0.29, 0.717) is 54.2 Å². The minimum absolute atomic E-state index is 0.0117. The standard InChI is InChI=1S/C46H34S/c1-2-3-12-30-21-22-34-29-44(47-43(34)27-30)46-40-19-10-8-17-38(40)45(39-18-9-11-20-41(39)46)32-25-23-31(24-26-32)42-28-33-13-4-5-14-35(33)36-15-6-7-16-37(36)42/h4-11,13-29H,2-3,12H2,1H3/i4D,5D,6D,7D,13D,14D,15D,16D,21D,22D,23D,24D,25D,26D,27D,28D,29D. The Morgan fingerprint density at radius 3 is 1.85 bits per heavy atom. The van der Waals surface area contributed by atoms with Crippen molar-refractivity contribution in [3.05, 3.63) is 157 Å². The van der Waals surface area contributed by atoms with E-state index in [1.165, 1.54) is 11.3 Å². The molecule has 0 saturated carbocycles. The number of hydrogen-bond acceptors (Lipinski definition) is 1. The van der Waals surface area contributed by atoms with Crippen LogP contribution in [0.5, 0.6) is 0 Å². The number of benzene rings is 8. The van der Waals surface area contributed by atoms with Gasteiger partial charge in [0, 0.05) is 15.1 Å². The van der Waals surface area contributed by atoms with E-state index in [-0.39, 0.29) is 45.9 Å². The second-order valence-electron chi connectivity index (χ2n) is 11.3. The summed E-state index contributed by atoms with van der Waals surface area (Å²) in [5, 5.41) is 0.852. The first-order chi connectivity index (χ1) is 30.4. The van der Waals surface area contributed by atoms with Gasteiger partial charge in [0.15, 0.2) is 0 Å². The SMILES string of the molecule is [2H]c1c([2H])c(-c2c([2H])c3c([2H])c([2H])c([2H])c([2H])c3c3c([2H])c([2H])c([2H])c([2H])c23)c([2H])c([2H])c1-c1c2ccccc2c(-c2sc3c([2H])c(CCCC)c([2H])c([2H])c3c2[2H])c2ccccc12. The zero-order valence-corrected chi connectivity index (χ0v) is 26.0. The lowest BCUT2D eigenvalue weighted by Gasteiger charge is -2.17. The molecule has 8 aromatic carbocycles. The summed E-state index contributed by atoms with van der Waals surface area (Å²) >= 11 is 1.20. The average Bonchev–Trinajstić information content (AvgIpc) is 3.63. The van der Waals surface area contributed by atoms with Crippen LogP contribution in [-0.4, -0.2) is 0 Å². The Balaban J connectivity index is 1.39. The average molecular weight is 636 g/mol. The molecule has 0 aliphatic carbocycles. The summed E-state index contributed by atoms with van der Waals surface area (Å²) < 4.78 is 154. The third-order valence-electron chi connectivity index (χ3n) is 8.46. The Morgan fingerprint density at radius 1 is 0.532 bits per heavy atom. The molecule has 224 valence electrons. The summed E-state index contributed by atoms with van der Waals surface area (Å²) in [5.41, 5.74) is 0.303. The van der Waals surface area contributed by atoms with Gasteiger partial charge in [-0.1, -0.05) is 146 Å². The molecule has 9 rings (SSSR count). The Bertz CT molecular complexity index is 3490. The molecule has 0 spiro atoms. The van der Waals surface area contributed by atoms with E-state index < -0.39 is 100 Å². The monoisotopic (exact) mass is 635 g/mol. The molecule has 0 amide bonds. The molecule has 0 atom stereocenters. The lowest BCUT2D eigenvalue weighted by molar-refractivity contribution is 0.796. The zero-order chi connectivity index (χ0) is 46.1. The molecule has 0 aliphatic rings. The van der Waals surface area contributed by atoms with Crippen LogP contribution < -0.4 is 0 Å². The van der Waals surface area contributed by atoms with Crippen molar-refractivity contribution in [2.75, 3.05) is 0 Å². The van der Waals surface area contributed by atoms with Gasteiger partial charge in [0.25, 0.3) is 0 Å². The molecular weight excluding hydrogens is 585 g/mol. The molecular formula is C46H34S. The molecule has 1 heteroatoms. The first-order valence-corrected chi connectivity index (χ1v) is 16.2. The summed E-state index contributed by atoms with van der Waals surface area (Å²) in [6.07, 6.45) is 2.04. The maximum absolute atomic E-state index is 9.61. The van der Waals surface area contributed by atoms with Crippen molar-refractivity contribution in [1.29, 1.82) is 0 Å². The number of hydrogen-bond donors (Lipinski definition) is 0. The van der Waals surface area contributed by atoms with Crippen molar-refractivity contribution in [2.24, 2.45) is 0 Å². The van der Waals surface area contributed by atoms with Crippen molar-refractivity contribution in [1.82, 2.24) is 0 Å². The Morgan fingerprint density at radius 2 is 1.15 bits per heavy atom. The summed E-state index contributed by atoms with van der Waals surface area (Å²) in [7, 11) is 0. The summed E-state index contributed by atoms with van der Waals surface area (Å²) in [5.74, 6) is 0. The van der Waals surface area contributed by atoms with E-state index in [4.69, 9.17) is 15.1 Å². The highest BCUT2D eigenvalue weighted by atomic mass is 32.1. The Hall–Kier alpha value is -5.24. The molecule has 9 aromatic rings. The quantitative estimate of drug-likeness (QED) is 0.126. The Labute approximate surface area is 303 Å². The number of thiophene rings is 1. The lowest BCUT2D eigenvalue weighted by Crippen LogP contribution is -1.90. The summed E-state index contributed by atoms with van der Waals surface area (Å²) in [6.45, 7) is 2.01. The van der Waals surface area contributed by atoms with Gasteiger partial charge in [0.05, 0.1) is 23.3 Å². The third kappa shape index (κ3) is 4.73. The van der Waals surface area contributed by atoms with Crippen LogP contribution in [-0.2, 0) is 6.42 Å². The van der Waals surface area contributed by atoms with E-state index in [9.17, 15) is 8.22 Å². The van der Waals surface area contributed by atoms with Crippen molar-refractivity contribution in [3.8, 4) is 32.7 Å². The second kappa shape index (κ2) is 11.5. The van der Waals surface area contributed by atoms with E-state index in [0.717, 1.165) is 12.8 Å². The third-order valence-corrected chi connectivity index (χ3v) is 9.48. The van der Waals surface area contributed by atoms with Gasteiger partial charge >= 0.3 is 0 Å². The van der Waals surface area contributed by atoms with Gasteiger partial charge in [-0.15, -0.1) is 11.3 Å². The van der Waals surface area contributed by atoms with Gasteiger partial charge in [-0.25, -0.2) is 0 Å². The van der Waals surface area contributed by atoms with Gasteiger partial charge in [0.2, 0.25) is 0 Å². The van der Waals surface area contributed by atoms with Crippen molar-refractivity contribution in [2.45, 2.75) is 26.2 Å². The minimum Gasteiger partial charge on any atom is -0.135 e. The van der Waals surface area contributed by atoms with E-state index in [2.05, 4.69) is 0 Å². The van der Waals surface area contributed by atoms with Crippen LogP contribution in [0, 0.1) is 0 Å². The predicted molar refractivity (Wildman–Crippen MR) is 207 cm³/mol. The van der Waals surface area contributed by atoms with E-state index in [1.54, 1.807) is 36.4 Å². The fourth-order valence-corrected chi connectivity index (χ4v) is 7.34. The van der Waals surface area contributed by atoms with Crippen LogP contribution in [0.2, 0.25) is 0 Å². The van der Waals surface area contributed by atoms with Gasteiger partial charge < -0.3 is 0 Å². The number of fused-ring (bicyclic) bond motifs is 6. The molecule has 1 aromatic heterocycles. The molecule has 0 N–H and O–H groups in total. The number of rotatable bonds is 6. The van der Waals surface area contributed by atoms with E-state index >= 15 is 0 Å². The second-order valence-corrected chi connectivity index (χ2v) is 12.3. The Kier molecular flexibility index (Phi) is 3.82. The lowest BCUT2D eigenvalue weighted by atomic mass is 9.87. The van der Waals surface area contributed by atoms with Crippen LogP contribution in [0.15, 0.2) is 151 Å². The highest BCUT2D eigenvalue weighted by Crippen LogP contribution is 2.47. The smallest absolute Gasteiger partial charge is 0.0645 e. The van der Waals surface area contributed by atoms with Crippen molar-refractivity contribution in [3.63, 3.8) is 0 Å². The molecule has 0 bridgehead atoms. The fourth-order valence-electron chi connectivity index (χ4n) is 6.28. The van der Waals surface area contributed by atoms with Crippen molar-refractivity contribution < 1.29 is 23.3 Å². The van der Waals surface area contributed by atoms with Gasteiger partial charge in [-0.05, 0) is 107 Å². The van der Waals surface area contributed by atoms with Crippen LogP contribution in [0.25, 0.3) is 85.9 Å². The van der Waals surface area contributed by atoms with Crippen LogP contribution >= 0.6 is 11.3 Å². The predicted octanol–water partition coefficient (Wildman–Crippen LogP) is 13.9. The van der Waals surface area contributed by atoms with Crippen LogP contribution in [0.1, 0.15) is 48.6 Å². The number of unbranched alkanes of at least 4 members (excludes halogenated alkanes) is 1. The highest BCUT2D eigenvalue weighted by molar-refractivity contribution is 7.22. The molecule has 47 heavy (non-hydrogen) atoms. The highest BCUT2D eigenvalue weighted by Gasteiger charge is 2.18. The normalized spacial score (nSPS) is 16.8. The topological polar surface area (TPSA) is 0 Å². The molecule has 1 heterocycles. The zero-order valence-electron chi connectivity index (χ0n) is 42.1. The van der Waals surface area contributed by atoms with Gasteiger partial charge in [-0.3, -0.25) is 0 Å². The molecule has 0 aliphatic heterocycles. The molecule has 0 fully saturated rings. The fraction of sp³-hybridized carbons (Fsp3) is 0.0870. The molecule has 0 radical (unpaired) electrons. The maximum Gasteiger partial charge on any atom is 0.0645 e. The molecule has 0 saturated heterocycles. The first-order valence-electron chi connectivity index (χ1n) is 23.9. The van der Waals surface area contributed by atoms with Crippen molar-refractivity contribution >= 4 is 64.5 Å². The van der Waals surface area contributed by atoms with Gasteiger partial charge in [0.1, 0.15) is 0 Å². The molecule has 0 nitrogen and oxygen atoms in total. The molecule has 0 unspecified atom stereocenters. The summed E-state index contributed by atoms with van der Waals surface area (Å²) in [4.78, 5) is 0.451. The maximum atomic E-state index is 9.61. The largest absolute Gasteiger partial charge is 0.135 e. The summed E-state index contributed by atoms with van der Waals surface area (Å²) in [6, 6.07) is 5.53. The minimum atomic E-state index is -0.729. The van der Waals surface area contributed by atoms with E-state index in [1.807, 2.05) is 19.1 Å². The van der Waals surface area contributed by atoms with Crippen LogP contribution in [0.4, 0.5) is 0 Å².